The Morgan fingerprint density at radius 3 is 2.68 bits per heavy atom. The summed E-state index contributed by atoms with van der Waals surface area (Å²) in [6.07, 6.45) is 0.658. The Bertz CT molecular complexity index is 474. The minimum atomic E-state index is -0.506. The van der Waals surface area contributed by atoms with Crippen LogP contribution in [-0.4, -0.2) is 42.9 Å². The number of anilines is 1. The molecule has 102 valence electrons. The molecule has 0 spiro atoms. The number of amides is 2. The molecule has 5 heteroatoms. The third-order valence-electron chi connectivity index (χ3n) is 3.26. The van der Waals surface area contributed by atoms with Crippen LogP contribution < -0.4 is 10.6 Å². The van der Waals surface area contributed by atoms with Crippen molar-refractivity contribution in [3.05, 3.63) is 29.8 Å². The van der Waals surface area contributed by atoms with Gasteiger partial charge in [-0.25, -0.2) is 0 Å². The molecule has 2 atom stereocenters. The van der Waals surface area contributed by atoms with Crippen LogP contribution in [0.5, 0.6) is 0 Å². The van der Waals surface area contributed by atoms with Gasteiger partial charge in [0.05, 0.1) is 0 Å². The van der Waals surface area contributed by atoms with Gasteiger partial charge in [0.15, 0.2) is 0 Å². The molecule has 1 heterocycles. The van der Waals surface area contributed by atoms with Gasteiger partial charge in [-0.3, -0.25) is 9.59 Å². The van der Waals surface area contributed by atoms with Gasteiger partial charge in [-0.15, -0.1) is 0 Å². The van der Waals surface area contributed by atoms with E-state index in [4.69, 9.17) is 0 Å². The summed E-state index contributed by atoms with van der Waals surface area (Å²) in [6, 6.07) is 7.05. The first-order valence-electron chi connectivity index (χ1n) is 6.35. The molecule has 19 heavy (non-hydrogen) atoms. The minimum Gasteiger partial charge on any atom is -0.373 e. The Kier molecular flexibility index (Phi) is 3.74. The van der Waals surface area contributed by atoms with E-state index >= 15 is 0 Å². The molecular weight excluding hydrogens is 242 g/mol. The Hall–Kier alpha value is -2.04. The zero-order valence-electron chi connectivity index (χ0n) is 11.4. The standard InChI is InChI=1S/C14H19N3O2/c1-9(14(19)17(2)3)15-13(18)12-8-10-6-4-5-7-11(10)16-12/h4-7,9,12,16H,8H2,1-3H3,(H,15,18)/t9?,12-/m0/s1. The lowest BCUT2D eigenvalue weighted by Gasteiger charge is -2.20. The first-order valence-corrected chi connectivity index (χ1v) is 6.35. The largest absolute Gasteiger partial charge is 0.373 e. The van der Waals surface area contributed by atoms with Crippen molar-refractivity contribution in [2.24, 2.45) is 0 Å². The number of likely N-dealkylation sites (N-methyl/N-ethyl adjacent to an activating group) is 1. The van der Waals surface area contributed by atoms with Gasteiger partial charge in [0.1, 0.15) is 12.1 Å². The van der Waals surface area contributed by atoms with E-state index in [0.717, 1.165) is 11.3 Å². The van der Waals surface area contributed by atoms with Crippen molar-refractivity contribution in [2.45, 2.75) is 25.4 Å². The van der Waals surface area contributed by atoms with Gasteiger partial charge < -0.3 is 15.5 Å². The van der Waals surface area contributed by atoms with Crippen LogP contribution in [0.25, 0.3) is 0 Å². The number of hydrogen-bond donors (Lipinski definition) is 2. The molecule has 1 aromatic carbocycles. The summed E-state index contributed by atoms with van der Waals surface area (Å²) in [7, 11) is 3.35. The van der Waals surface area contributed by atoms with E-state index in [1.807, 2.05) is 24.3 Å². The molecule has 0 saturated heterocycles. The fourth-order valence-electron chi connectivity index (χ4n) is 2.22. The van der Waals surface area contributed by atoms with E-state index in [9.17, 15) is 9.59 Å². The Morgan fingerprint density at radius 1 is 1.37 bits per heavy atom. The molecule has 1 aromatic rings. The first kappa shape index (κ1) is 13.4. The summed E-state index contributed by atoms with van der Waals surface area (Å²) < 4.78 is 0. The topological polar surface area (TPSA) is 61.4 Å². The highest BCUT2D eigenvalue weighted by molar-refractivity contribution is 5.92. The fourth-order valence-corrected chi connectivity index (χ4v) is 2.22. The van der Waals surface area contributed by atoms with E-state index in [-0.39, 0.29) is 17.9 Å². The second kappa shape index (κ2) is 5.30. The van der Waals surface area contributed by atoms with Crippen molar-refractivity contribution in [1.82, 2.24) is 10.2 Å². The molecule has 0 aliphatic carbocycles. The molecular formula is C14H19N3O2. The van der Waals surface area contributed by atoms with Crippen molar-refractivity contribution >= 4 is 17.5 Å². The molecule has 0 radical (unpaired) electrons. The number of fused-ring (bicyclic) bond motifs is 1. The summed E-state index contributed by atoms with van der Waals surface area (Å²) >= 11 is 0. The van der Waals surface area contributed by atoms with Crippen molar-refractivity contribution in [1.29, 1.82) is 0 Å². The van der Waals surface area contributed by atoms with Crippen LogP contribution in [-0.2, 0) is 16.0 Å². The maximum atomic E-state index is 12.1. The highest BCUT2D eigenvalue weighted by Gasteiger charge is 2.28. The second-order valence-corrected chi connectivity index (χ2v) is 5.02. The number of nitrogens with one attached hydrogen (secondary N) is 2. The van der Waals surface area contributed by atoms with Crippen LogP contribution >= 0.6 is 0 Å². The number of benzene rings is 1. The van der Waals surface area contributed by atoms with Gasteiger partial charge in [0, 0.05) is 26.2 Å². The maximum Gasteiger partial charge on any atom is 0.244 e. The zero-order valence-corrected chi connectivity index (χ0v) is 11.4. The minimum absolute atomic E-state index is 0.108. The molecule has 1 unspecified atom stereocenters. The van der Waals surface area contributed by atoms with Crippen molar-refractivity contribution in [2.75, 3.05) is 19.4 Å². The van der Waals surface area contributed by atoms with Crippen molar-refractivity contribution < 1.29 is 9.59 Å². The summed E-state index contributed by atoms with van der Waals surface area (Å²) in [4.78, 5) is 25.3. The average Bonchev–Trinajstić information content (AvgIpc) is 2.81. The summed E-state index contributed by atoms with van der Waals surface area (Å²) in [6.45, 7) is 1.70. The van der Waals surface area contributed by atoms with Crippen LogP contribution in [0, 0.1) is 0 Å². The summed E-state index contributed by atoms with van der Waals surface area (Å²) in [5.74, 6) is -0.247. The van der Waals surface area contributed by atoms with E-state index in [0.29, 0.717) is 6.42 Å². The van der Waals surface area contributed by atoms with Gasteiger partial charge in [0.25, 0.3) is 0 Å². The Morgan fingerprint density at radius 2 is 2.05 bits per heavy atom. The molecule has 0 aromatic heterocycles. The highest BCUT2D eigenvalue weighted by atomic mass is 16.2. The van der Waals surface area contributed by atoms with Crippen LogP contribution in [0.15, 0.2) is 24.3 Å². The van der Waals surface area contributed by atoms with Gasteiger partial charge in [0.2, 0.25) is 11.8 Å². The first-order chi connectivity index (χ1) is 8.99. The van der Waals surface area contributed by atoms with Crippen LogP contribution in [0.1, 0.15) is 12.5 Å². The van der Waals surface area contributed by atoms with Gasteiger partial charge in [-0.2, -0.15) is 0 Å². The van der Waals surface area contributed by atoms with Crippen LogP contribution in [0.2, 0.25) is 0 Å². The van der Waals surface area contributed by atoms with E-state index in [1.54, 1.807) is 21.0 Å². The summed E-state index contributed by atoms with van der Waals surface area (Å²) in [5.41, 5.74) is 2.13. The number of nitrogens with zero attached hydrogens (tertiary/aromatic N) is 1. The van der Waals surface area contributed by atoms with Crippen LogP contribution in [0.3, 0.4) is 0 Å². The zero-order chi connectivity index (χ0) is 14.0. The van der Waals surface area contributed by atoms with Gasteiger partial charge >= 0.3 is 0 Å². The van der Waals surface area contributed by atoms with Gasteiger partial charge in [-0.05, 0) is 18.6 Å². The molecule has 1 aliphatic rings. The lowest BCUT2D eigenvalue weighted by molar-refractivity contribution is -0.134. The normalized spacial score (nSPS) is 18.2. The third kappa shape index (κ3) is 2.86. The lowest BCUT2D eigenvalue weighted by atomic mass is 10.1. The lowest BCUT2D eigenvalue weighted by Crippen LogP contribution is -2.49. The van der Waals surface area contributed by atoms with Crippen molar-refractivity contribution in [3.8, 4) is 0 Å². The highest BCUT2D eigenvalue weighted by Crippen LogP contribution is 2.25. The van der Waals surface area contributed by atoms with Crippen LogP contribution in [0.4, 0.5) is 5.69 Å². The Balaban J connectivity index is 1.95. The van der Waals surface area contributed by atoms with Crippen molar-refractivity contribution in [3.63, 3.8) is 0 Å². The molecule has 0 saturated carbocycles. The number of hydrogen-bond acceptors (Lipinski definition) is 3. The maximum absolute atomic E-state index is 12.1. The Labute approximate surface area is 113 Å². The molecule has 0 fully saturated rings. The van der Waals surface area contributed by atoms with E-state index < -0.39 is 6.04 Å². The molecule has 1 aliphatic heterocycles. The monoisotopic (exact) mass is 261 g/mol. The molecule has 2 rings (SSSR count). The SMILES string of the molecule is CC(NC(=O)[C@@H]1Cc2ccccc2N1)C(=O)N(C)C. The third-order valence-corrected chi connectivity index (χ3v) is 3.26. The molecule has 0 bridgehead atoms. The molecule has 2 N–H and O–H groups in total. The number of rotatable bonds is 3. The average molecular weight is 261 g/mol. The fraction of sp³-hybridized carbons (Fsp3) is 0.429. The smallest absolute Gasteiger partial charge is 0.244 e. The predicted octanol–water partition coefficient (Wildman–Crippen LogP) is 0.616. The summed E-state index contributed by atoms with van der Waals surface area (Å²) in [5, 5.41) is 5.92. The number of carbonyl (C=O) groups excluding carboxylic acids is 2. The number of para-hydroxylation sites is 1. The van der Waals surface area contributed by atoms with Gasteiger partial charge in [-0.1, -0.05) is 18.2 Å². The second-order valence-electron chi connectivity index (χ2n) is 5.02. The quantitative estimate of drug-likeness (QED) is 0.838. The molecule has 2 amide bonds. The van der Waals surface area contributed by atoms with E-state index in [2.05, 4.69) is 10.6 Å². The number of carbonyl (C=O) groups is 2. The van der Waals surface area contributed by atoms with E-state index in [1.165, 1.54) is 4.90 Å². The molecule has 5 nitrogen and oxygen atoms in total. The predicted molar refractivity (Wildman–Crippen MR) is 73.9 cm³/mol.